The van der Waals surface area contributed by atoms with Crippen molar-refractivity contribution in [3.05, 3.63) is 72.8 Å². The summed E-state index contributed by atoms with van der Waals surface area (Å²) in [6.07, 6.45) is 3.24. The van der Waals surface area contributed by atoms with E-state index in [2.05, 4.69) is 39.5 Å². The number of benzene rings is 2. The van der Waals surface area contributed by atoms with E-state index in [0.717, 1.165) is 11.4 Å². The lowest BCUT2D eigenvalue weighted by molar-refractivity contribution is 0.0951. The molecule has 1 N–H and O–H groups in total. The number of hydrogen-bond acceptors (Lipinski definition) is 4. The van der Waals surface area contributed by atoms with E-state index in [0.29, 0.717) is 12.1 Å². The first-order valence-corrected chi connectivity index (χ1v) is 8.16. The Bertz CT molecular complexity index is 800. The summed E-state index contributed by atoms with van der Waals surface area (Å²) in [6.45, 7) is 2.65. The van der Waals surface area contributed by atoms with E-state index in [4.69, 9.17) is 0 Å². The maximum Gasteiger partial charge on any atom is 0.251 e. The second kappa shape index (κ2) is 7.61. The lowest BCUT2D eigenvalue weighted by Gasteiger charge is -2.27. The first kappa shape index (κ1) is 16.7. The molecule has 6 nitrogen and oxygen atoms in total. The number of para-hydroxylation sites is 1. The smallest absolute Gasteiger partial charge is 0.251 e. The number of nitrogens with one attached hydrogen (secondary N) is 1. The molecule has 1 unspecified atom stereocenters. The Morgan fingerprint density at radius 3 is 2.36 bits per heavy atom. The van der Waals surface area contributed by atoms with Gasteiger partial charge in [0.15, 0.2) is 0 Å². The average Bonchev–Trinajstić information content (AvgIpc) is 3.21. The Balaban J connectivity index is 1.57. The summed E-state index contributed by atoms with van der Waals surface area (Å²) in [6, 6.07) is 17.7. The minimum absolute atomic E-state index is 0.0800. The molecule has 0 spiro atoms. The standard InChI is InChI=1S/C19H21N5O/c1-15(23(2)17-6-4-3-5-7-17)12-20-19(25)16-8-10-18(11-9-16)24-13-21-22-14-24/h3-11,13-15H,12H2,1-2H3,(H,20,25). The lowest BCUT2D eigenvalue weighted by Crippen LogP contribution is -2.40. The molecule has 0 aliphatic rings. The molecular formula is C19H21N5O. The van der Waals surface area contributed by atoms with Gasteiger partial charge in [-0.25, -0.2) is 0 Å². The van der Waals surface area contributed by atoms with Crippen molar-refractivity contribution < 1.29 is 4.79 Å². The van der Waals surface area contributed by atoms with Crippen LogP contribution < -0.4 is 10.2 Å². The number of rotatable bonds is 6. The summed E-state index contributed by atoms with van der Waals surface area (Å²) >= 11 is 0. The fraction of sp³-hybridized carbons (Fsp3) is 0.211. The molecule has 1 atom stereocenters. The molecule has 0 radical (unpaired) electrons. The van der Waals surface area contributed by atoms with Crippen molar-refractivity contribution in [3.8, 4) is 5.69 Å². The molecule has 128 valence electrons. The van der Waals surface area contributed by atoms with E-state index in [1.54, 1.807) is 29.4 Å². The van der Waals surface area contributed by atoms with Gasteiger partial charge < -0.3 is 10.2 Å². The molecule has 3 aromatic rings. The number of hydrogen-bond donors (Lipinski definition) is 1. The Labute approximate surface area is 147 Å². The van der Waals surface area contributed by atoms with Gasteiger partial charge in [-0.15, -0.1) is 10.2 Å². The van der Waals surface area contributed by atoms with Crippen LogP contribution in [-0.4, -0.2) is 40.3 Å². The average molecular weight is 335 g/mol. The van der Waals surface area contributed by atoms with Gasteiger partial charge in [0.05, 0.1) is 0 Å². The predicted octanol–water partition coefficient (Wildman–Crippen LogP) is 2.52. The molecule has 6 heteroatoms. The summed E-state index contributed by atoms with van der Waals surface area (Å²) in [5, 5.41) is 10.5. The van der Waals surface area contributed by atoms with Crippen LogP contribution in [-0.2, 0) is 0 Å². The van der Waals surface area contributed by atoms with E-state index in [-0.39, 0.29) is 11.9 Å². The van der Waals surface area contributed by atoms with Crippen LogP contribution in [0.3, 0.4) is 0 Å². The normalized spacial score (nSPS) is 11.8. The van der Waals surface area contributed by atoms with Gasteiger partial charge in [0.25, 0.3) is 5.91 Å². The van der Waals surface area contributed by atoms with E-state index >= 15 is 0 Å². The van der Waals surface area contributed by atoms with Gasteiger partial charge >= 0.3 is 0 Å². The molecule has 0 saturated carbocycles. The van der Waals surface area contributed by atoms with Crippen LogP contribution in [0.15, 0.2) is 67.3 Å². The van der Waals surface area contributed by atoms with Crippen molar-refractivity contribution in [2.45, 2.75) is 13.0 Å². The number of amides is 1. The van der Waals surface area contributed by atoms with Gasteiger partial charge in [-0.3, -0.25) is 9.36 Å². The molecule has 0 bridgehead atoms. The minimum Gasteiger partial charge on any atom is -0.370 e. The Morgan fingerprint density at radius 2 is 1.72 bits per heavy atom. The molecule has 3 rings (SSSR count). The number of carbonyl (C=O) groups excluding carboxylic acids is 1. The lowest BCUT2D eigenvalue weighted by atomic mass is 10.2. The topological polar surface area (TPSA) is 63.1 Å². The van der Waals surface area contributed by atoms with Crippen LogP contribution in [0.5, 0.6) is 0 Å². The first-order valence-electron chi connectivity index (χ1n) is 8.16. The van der Waals surface area contributed by atoms with Gasteiger partial charge in [-0.1, -0.05) is 18.2 Å². The van der Waals surface area contributed by atoms with Gasteiger partial charge in [-0.2, -0.15) is 0 Å². The van der Waals surface area contributed by atoms with Crippen molar-refractivity contribution in [1.29, 1.82) is 0 Å². The highest BCUT2D eigenvalue weighted by Gasteiger charge is 2.12. The third kappa shape index (κ3) is 4.03. The third-order valence-corrected chi connectivity index (χ3v) is 4.23. The molecule has 2 aromatic carbocycles. The summed E-state index contributed by atoms with van der Waals surface area (Å²) in [4.78, 5) is 14.5. The van der Waals surface area contributed by atoms with Crippen molar-refractivity contribution in [2.75, 3.05) is 18.5 Å². The molecule has 0 fully saturated rings. The van der Waals surface area contributed by atoms with E-state index < -0.39 is 0 Å². The molecule has 1 aromatic heterocycles. The van der Waals surface area contributed by atoms with Crippen molar-refractivity contribution in [1.82, 2.24) is 20.1 Å². The Kier molecular flexibility index (Phi) is 5.09. The highest BCUT2D eigenvalue weighted by molar-refractivity contribution is 5.94. The van der Waals surface area contributed by atoms with Crippen LogP contribution in [0.4, 0.5) is 5.69 Å². The van der Waals surface area contributed by atoms with Gasteiger partial charge in [0, 0.05) is 36.6 Å². The molecule has 0 aliphatic carbocycles. The largest absolute Gasteiger partial charge is 0.370 e. The SMILES string of the molecule is CC(CNC(=O)c1ccc(-n2cnnc2)cc1)N(C)c1ccccc1. The monoisotopic (exact) mass is 335 g/mol. The van der Waals surface area contributed by atoms with Crippen LogP contribution in [0, 0.1) is 0 Å². The number of anilines is 1. The summed E-state index contributed by atoms with van der Waals surface area (Å²) in [5.41, 5.74) is 2.67. The van der Waals surface area contributed by atoms with E-state index in [9.17, 15) is 4.79 Å². The quantitative estimate of drug-likeness (QED) is 0.752. The van der Waals surface area contributed by atoms with Crippen molar-refractivity contribution >= 4 is 11.6 Å². The fourth-order valence-electron chi connectivity index (χ4n) is 2.52. The summed E-state index contributed by atoms with van der Waals surface area (Å²) in [7, 11) is 2.03. The van der Waals surface area contributed by atoms with E-state index in [1.165, 1.54) is 0 Å². The van der Waals surface area contributed by atoms with Gasteiger partial charge in [-0.05, 0) is 43.3 Å². The summed E-state index contributed by atoms with van der Waals surface area (Å²) in [5.74, 6) is -0.0800. The zero-order chi connectivity index (χ0) is 17.6. The third-order valence-electron chi connectivity index (χ3n) is 4.23. The molecule has 1 heterocycles. The van der Waals surface area contributed by atoms with E-state index in [1.807, 2.05) is 37.4 Å². The zero-order valence-electron chi connectivity index (χ0n) is 14.3. The highest BCUT2D eigenvalue weighted by Crippen LogP contribution is 2.14. The maximum atomic E-state index is 12.3. The Hall–Kier alpha value is -3.15. The number of aromatic nitrogens is 3. The second-order valence-corrected chi connectivity index (χ2v) is 5.92. The van der Waals surface area contributed by atoms with Crippen molar-refractivity contribution in [2.24, 2.45) is 0 Å². The highest BCUT2D eigenvalue weighted by atomic mass is 16.1. The molecule has 1 amide bonds. The van der Waals surface area contributed by atoms with Crippen LogP contribution >= 0.6 is 0 Å². The molecular weight excluding hydrogens is 314 g/mol. The minimum atomic E-state index is -0.0800. The molecule has 25 heavy (non-hydrogen) atoms. The van der Waals surface area contributed by atoms with Gasteiger partial charge in [0.2, 0.25) is 0 Å². The van der Waals surface area contributed by atoms with Gasteiger partial charge in [0.1, 0.15) is 12.7 Å². The van der Waals surface area contributed by atoms with Crippen molar-refractivity contribution in [3.63, 3.8) is 0 Å². The fourth-order valence-corrected chi connectivity index (χ4v) is 2.52. The number of likely N-dealkylation sites (N-methyl/N-ethyl adjacent to an activating group) is 1. The second-order valence-electron chi connectivity index (χ2n) is 5.92. The Morgan fingerprint density at radius 1 is 1.08 bits per heavy atom. The molecule has 0 saturated heterocycles. The number of carbonyl (C=O) groups is 1. The predicted molar refractivity (Wildman–Crippen MR) is 98.0 cm³/mol. The maximum absolute atomic E-state index is 12.3. The molecule has 0 aliphatic heterocycles. The number of nitrogens with zero attached hydrogens (tertiary/aromatic N) is 4. The van der Waals surface area contributed by atoms with Crippen LogP contribution in [0.25, 0.3) is 5.69 Å². The van der Waals surface area contributed by atoms with Crippen LogP contribution in [0.1, 0.15) is 17.3 Å². The first-order chi connectivity index (χ1) is 12.1. The summed E-state index contributed by atoms with van der Waals surface area (Å²) < 4.78 is 1.79. The zero-order valence-corrected chi connectivity index (χ0v) is 14.3. The van der Waals surface area contributed by atoms with Crippen LogP contribution in [0.2, 0.25) is 0 Å².